The van der Waals surface area contributed by atoms with Crippen molar-refractivity contribution in [2.45, 2.75) is 30.7 Å². The number of morpholine rings is 1. The van der Waals surface area contributed by atoms with Crippen molar-refractivity contribution in [2.75, 3.05) is 26.3 Å². The molecule has 2 aliphatic rings. The molecule has 9 heteroatoms. The number of carbonyl (C=O) groups excluding carboxylic acids is 1. The fourth-order valence-corrected chi connectivity index (χ4v) is 5.79. The van der Waals surface area contributed by atoms with E-state index in [0.717, 1.165) is 40.8 Å². The molecule has 0 spiro atoms. The number of hydrogen-bond acceptors (Lipinski definition) is 5. The van der Waals surface area contributed by atoms with Crippen LogP contribution in [0.1, 0.15) is 39.8 Å². The number of hydrogen-bond donors (Lipinski definition) is 2. The van der Waals surface area contributed by atoms with Gasteiger partial charge >= 0.3 is 0 Å². The Morgan fingerprint density at radius 1 is 1.19 bits per heavy atom. The molecule has 0 radical (unpaired) electrons. The Balaban J connectivity index is 1.39. The van der Waals surface area contributed by atoms with Gasteiger partial charge in [-0.15, -0.1) is 0 Å². The van der Waals surface area contributed by atoms with Crippen LogP contribution in [0.2, 0.25) is 0 Å². The van der Waals surface area contributed by atoms with Crippen molar-refractivity contribution in [2.24, 2.45) is 0 Å². The number of nitrogens with zero attached hydrogens (tertiary/aromatic N) is 2. The fourth-order valence-electron chi connectivity index (χ4n) is 4.35. The minimum atomic E-state index is -3.58. The SMILES string of the molecule is Cc1nc2ccc(C(=O)N[C@H]3CCc4ccc(S(=O)(=O)N5CCOCC5)cc43)cc2[nH]1. The standard InChI is InChI=1S/C22H24N4O4S/c1-14-23-20-7-4-16(12-21(20)24-14)22(27)25-19-6-3-15-2-5-17(13-18(15)19)31(28,29)26-8-10-30-11-9-26/h2,4-5,7,12-13,19H,3,6,8-11H2,1H3,(H,23,24)(H,25,27)/t19-/m0/s1. The van der Waals surface area contributed by atoms with Gasteiger partial charge in [-0.3, -0.25) is 4.79 Å². The highest BCUT2D eigenvalue weighted by Crippen LogP contribution is 2.34. The average molecular weight is 441 g/mol. The van der Waals surface area contributed by atoms with E-state index in [1.165, 1.54) is 4.31 Å². The van der Waals surface area contributed by atoms with Crippen LogP contribution in [0.4, 0.5) is 0 Å². The number of rotatable bonds is 4. The molecule has 5 rings (SSSR count). The van der Waals surface area contributed by atoms with Gasteiger partial charge in [0.2, 0.25) is 10.0 Å². The smallest absolute Gasteiger partial charge is 0.251 e. The summed E-state index contributed by atoms with van der Waals surface area (Å²) in [7, 11) is -3.58. The Hall–Kier alpha value is -2.75. The number of aromatic nitrogens is 2. The maximum absolute atomic E-state index is 13.0. The molecule has 1 fully saturated rings. The molecule has 1 aromatic heterocycles. The van der Waals surface area contributed by atoms with Gasteiger partial charge in [-0.1, -0.05) is 6.07 Å². The molecule has 8 nitrogen and oxygen atoms in total. The average Bonchev–Trinajstić information content (AvgIpc) is 3.35. The number of H-pyrrole nitrogens is 1. The Labute approximate surface area is 180 Å². The normalized spacial score (nSPS) is 19.5. The maximum Gasteiger partial charge on any atom is 0.251 e. The molecule has 0 bridgehead atoms. The van der Waals surface area contributed by atoms with Crippen molar-refractivity contribution in [3.05, 3.63) is 58.9 Å². The highest BCUT2D eigenvalue weighted by atomic mass is 32.2. The van der Waals surface area contributed by atoms with E-state index >= 15 is 0 Å². The molecule has 1 aliphatic carbocycles. The number of benzene rings is 2. The third kappa shape index (κ3) is 3.73. The summed E-state index contributed by atoms with van der Waals surface area (Å²) in [4.78, 5) is 20.7. The minimum Gasteiger partial charge on any atom is -0.379 e. The van der Waals surface area contributed by atoms with Crippen LogP contribution in [-0.2, 0) is 21.2 Å². The van der Waals surface area contributed by atoms with E-state index in [0.29, 0.717) is 31.9 Å². The summed E-state index contributed by atoms with van der Waals surface area (Å²) >= 11 is 0. The lowest BCUT2D eigenvalue weighted by Crippen LogP contribution is -2.40. The monoisotopic (exact) mass is 440 g/mol. The third-order valence-electron chi connectivity index (χ3n) is 5.97. The second-order valence-corrected chi connectivity index (χ2v) is 9.93. The molecule has 31 heavy (non-hydrogen) atoms. The first-order valence-corrected chi connectivity index (χ1v) is 11.8. The lowest BCUT2D eigenvalue weighted by molar-refractivity contribution is 0.0730. The molecule has 2 N–H and O–H groups in total. The maximum atomic E-state index is 13.0. The number of imidazole rings is 1. The number of ether oxygens (including phenoxy) is 1. The number of sulfonamides is 1. The number of aromatic amines is 1. The first-order valence-electron chi connectivity index (χ1n) is 10.4. The molecule has 0 saturated carbocycles. The van der Waals surface area contributed by atoms with Crippen LogP contribution in [0.15, 0.2) is 41.3 Å². The van der Waals surface area contributed by atoms with Crippen LogP contribution in [-0.4, -0.2) is 54.9 Å². The number of nitrogens with one attached hydrogen (secondary N) is 2. The lowest BCUT2D eigenvalue weighted by atomic mass is 10.1. The van der Waals surface area contributed by atoms with E-state index in [1.54, 1.807) is 24.3 Å². The molecule has 0 unspecified atom stereocenters. The molecule has 1 amide bonds. The molecule has 3 aromatic rings. The van der Waals surface area contributed by atoms with E-state index in [4.69, 9.17) is 4.74 Å². The lowest BCUT2D eigenvalue weighted by Gasteiger charge is -2.26. The van der Waals surface area contributed by atoms with Crippen LogP contribution in [0.3, 0.4) is 0 Å². The molecule has 1 saturated heterocycles. The van der Waals surface area contributed by atoms with E-state index in [-0.39, 0.29) is 16.8 Å². The van der Waals surface area contributed by atoms with Crippen molar-refractivity contribution >= 4 is 27.0 Å². The summed E-state index contributed by atoms with van der Waals surface area (Å²) in [6.45, 7) is 3.40. The van der Waals surface area contributed by atoms with Crippen LogP contribution < -0.4 is 5.32 Å². The fraction of sp³-hybridized carbons (Fsp3) is 0.364. The van der Waals surface area contributed by atoms with E-state index in [9.17, 15) is 13.2 Å². The van der Waals surface area contributed by atoms with Gasteiger partial charge in [0, 0.05) is 18.7 Å². The molecular formula is C22H24N4O4S. The van der Waals surface area contributed by atoms with Gasteiger partial charge < -0.3 is 15.0 Å². The molecule has 1 atom stereocenters. The summed E-state index contributed by atoms with van der Waals surface area (Å²) in [5.41, 5.74) is 4.13. The summed E-state index contributed by atoms with van der Waals surface area (Å²) in [6.07, 6.45) is 1.55. The third-order valence-corrected chi connectivity index (χ3v) is 7.87. The zero-order chi connectivity index (χ0) is 21.6. The van der Waals surface area contributed by atoms with Gasteiger partial charge in [0.25, 0.3) is 5.91 Å². The largest absolute Gasteiger partial charge is 0.379 e. The highest BCUT2D eigenvalue weighted by molar-refractivity contribution is 7.89. The molecule has 2 aromatic carbocycles. The van der Waals surface area contributed by atoms with E-state index in [2.05, 4.69) is 15.3 Å². The molecule has 2 heterocycles. The van der Waals surface area contributed by atoms with Crippen LogP contribution >= 0.6 is 0 Å². The van der Waals surface area contributed by atoms with E-state index < -0.39 is 10.0 Å². The Kier molecular flexibility index (Phi) is 5.04. The van der Waals surface area contributed by atoms with Crippen molar-refractivity contribution in [3.63, 3.8) is 0 Å². The summed E-state index contributed by atoms with van der Waals surface area (Å²) in [5, 5.41) is 3.08. The van der Waals surface area contributed by atoms with Gasteiger partial charge in [0.1, 0.15) is 5.82 Å². The Morgan fingerprint density at radius 2 is 2.00 bits per heavy atom. The zero-order valence-corrected chi connectivity index (χ0v) is 18.0. The van der Waals surface area contributed by atoms with Gasteiger partial charge in [-0.05, 0) is 61.2 Å². The van der Waals surface area contributed by atoms with Gasteiger partial charge in [-0.2, -0.15) is 4.31 Å². The molecule has 162 valence electrons. The topological polar surface area (TPSA) is 104 Å². The Bertz CT molecular complexity index is 1260. The van der Waals surface area contributed by atoms with Crippen molar-refractivity contribution in [1.29, 1.82) is 0 Å². The van der Waals surface area contributed by atoms with Crippen molar-refractivity contribution in [3.8, 4) is 0 Å². The molecule has 1 aliphatic heterocycles. The first-order chi connectivity index (χ1) is 14.9. The minimum absolute atomic E-state index is 0.187. The summed E-state index contributed by atoms with van der Waals surface area (Å²) in [6, 6.07) is 10.4. The summed E-state index contributed by atoms with van der Waals surface area (Å²) in [5.74, 6) is 0.611. The number of fused-ring (bicyclic) bond motifs is 2. The van der Waals surface area contributed by atoms with Crippen LogP contribution in [0.5, 0.6) is 0 Å². The van der Waals surface area contributed by atoms with Gasteiger partial charge in [-0.25, -0.2) is 13.4 Å². The van der Waals surface area contributed by atoms with Gasteiger partial charge in [0.05, 0.1) is 35.2 Å². The Morgan fingerprint density at radius 3 is 2.81 bits per heavy atom. The second-order valence-electron chi connectivity index (χ2n) is 8.00. The number of amides is 1. The van der Waals surface area contributed by atoms with Crippen LogP contribution in [0, 0.1) is 6.92 Å². The summed E-state index contributed by atoms with van der Waals surface area (Å²) < 4.78 is 32.8. The second kappa shape index (κ2) is 7.74. The highest BCUT2D eigenvalue weighted by Gasteiger charge is 2.30. The van der Waals surface area contributed by atoms with Crippen molar-refractivity contribution in [1.82, 2.24) is 19.6 Å². The quantitative estimate of drug-likeness (QED) is 0.648. The first kappa shape index (κ1) is 20.2. The van der Waals surface area contributed by atoms with Gasteiger partial charge in [0.15, 0.2) is 0 Å². The number of aryl methyl sites for hydroxylation is 2. The van der Waals surface area contributed by atoms with E-state index in [1.807, 2.05) is 19.1 Å². The van der Waals surface area contributed by atoms with Crippen molar-refractivity contribution < 1.29 is 17.9 Å². The zero-order valence-electron chi connectivity index (χ0n) is 17.2. The predicted octanol–water partition coefficient (Wildman–Crippen LogP) is 2.31. The number of carbonyl (C=O) groups is 1. The van der Waals surface area contributed by atoms with Crippen LogP contribution in [0.25, 0.3) is 11.0 Å². The molecular weight excluding hydrogens is 416 g/mol. The predicted molar refractivity (Wildman–Crippen MR) is 115 cm³/mol.